The Hall–Kier alpha value is -1.27. The molecule has 6 heteroatoms. The maximum absolute atomic E-state index is 12.7. The fourth-order valence-electron chi connectivity index (χ4n) is 2.83. The van der Waals surface area contributed by atoms with Crippen molar-refractivity contribution in [2.24, 2.45) is 0 Å². The monoisotopic (exact) mass is 310 g/mol. The van der Waals surface area contributed by atoms with E-state index in [1.807, 2.05) is 0 Å². The average molecular weight is 310 g/mol. The SMILES string of the molecule is CCCNC1CCCC(S(=O)c2ccccc2[N+](=O)[O-])C1. The number of nitrogens with one attached hydrogen (secondary N) is 1. The highest BCUT2D eigenvalue weighted by Crippen LogP contribution is 2.30. The van der Waals surface area contributed by atoms with Gasteiger partial charge in [-0.15, -0.1) is 0 Å². The molecule has 0 bridgehead atoms. The molecule has 1 aromatic carbocycles. The molecule has 116 valence electrons. The Morgan fingerprint density at radius 2 is 2.14 bits per heavy atom. The van der Waals surface area contributed by atoms with Gasteiger partial charge in [0.05, 0.1) is 15.7 Å². The van der Waals surface area contributed by atoms with Gasteiger partial charge >= 0.3 is 0 Å². The zero-order chi connectivity index (χ0) is 15.2. The maximum atomic E-state index is 12.7. The van der Waals surface area contributed by atoms with Crippen molar-refractivity contribution in [3.8, 4) is 0 Å². The van der Waals surface area contributed by atoms with E-state index in [0.29, 0.717) is 10.9 Å². The fraction of sp³-hybridized carbons (Fsp3) is 0.600. The first-order chi connectivity index (χ1) is 10.1. The number of para-hydroxylation sites is 1. The van der Waals surface area contributed by atoms with Gasteiger partial charge in [0.25, 0.3) is 5.69 Å². The summed E-state index contributed by atoms with van der Waals surface area (Å²) in [5.74, 6) is 0. The number of nitro groups is 1. The minimum absolute atomic E-state index is 0.00852. The topological polar surface area (TPSA) is 72.2 Å². The van der Waals surface area contributed by atoms with Gasteiger partial charge in [0.1, 0.15) is 4.90 Å². The Kier molecular flexibility index (Phi) is 5.87. The summed E-state index contributed by atoms with van der Waals surface area (Å²) in [5.41, 5.74) is -0.0283. The van der Waals surface area contributed by atoms with E-state index in [2.05, 4.69) is 12.2 Å². The van der Waals surface area contributed by atoms with Crippen molar-refractivity contribution in [2.75, 3.05) is 6.54 Å². The van der Waals surface area contributed by atoms with Crippen molar-refractivity contribution < 1.29 is 9.13 Å². The first-order valence-corrected chi connectivity index (χ1v) is 8.72. The summed E-state index contributed by atoms with van der Waals surface area (Å²) in [6.07, 6.45) is 4.92. The predicted octanol–water partition coefficient (Wildman–Crippen LogP) is 3.01. The zero-order valence-electron chi connectivity index (χ0n) is 12.3. The summed E-state index contributed by atoms with van der Waals surface area (Å²) in [6, 6.07) is 6.77. The number of rotatable bonds is 6. The second kappa shape index (κ2) is 7.66. The van der Waals surface area contributed by atoms with Crippen LogP contribution in [0.2, 0.25) is 0 Å². The highest BCUT2D eigenvalue weighted by Gasteiger charge is 2.30. The molecule has 1 aromatic rings. The third-order valence-electron chi connectivity index (χ3n) is 3.89. The molecule has 2 rings (SSSR count). The molecule has 3 atom stereocenters. The molecule has 0 amide bonds. The lowest BCUT2D eigenvalue weighted by Gasteiger charge is -2.29. The van der Waals surface area contributed by atoms with Gasteiger partial charge in [-0.1, -0.05) is 25.5 Å². The van der Waals surface area contributed by atoms with E-state index in [1.54, 1.807) is 18.2 Å². The smallest absolute Gasteiger partial charge is 0.285 e. The molecule has 1 fully saturated rings. The molecule has 0 spiro atoms. The van der Waals surface area contributed by atoms with Gasteiger partial charge in [-0.3, -0.25) is 14.3 Å². The first kappa shape index (κ1) is 16.1. The Labute approximate surface area is 127 Å². The van der Waals surface area contributed by atoms with E-state index in [4.69, 9.17) is 0 Å². The standard InChI is InChI=1S/C15H22N2O3S/c1-2-10-16-12-6-5-7-13(11-12)21(20)15-9-4-3-8-14(15)17(18)19/h3-4,8-9,12-13,16H,2,5-7,10-11H2,1H3. The number of hydrogen-bond donors (Lipinski definition) is 1. The Morgan fingerprint density at radius 1 is 1.38 bits per heavy atom. The quantitative estimate of drug-likeness (QED) is 0.647. The summed E-state index contributed by atoms with van der Waals surface area (Å²) in [5, 5.41) is 14.6. The summed E-state index contributed by atoms with van der Waals surface area (Å²) >= 11 is 0. The molecule has 5 nitrogen and oxygen atoms in total. The van der Waals surface area contributed by atoms with Crippen LogP contribution in [0.1, 0.15) is 39.0 Å². The Balaban J connectivity index is 2.11. The van der Waals surface area contributed by atoms with Gasteiger partial charge in [0, 0.05) is 17.4 Å². The third kappa shape index (κ3) is 4.11. The van der Waals surface area contributed by atoms with Crippen LogP contribution in [-0.4, -0.2) is 27.0 Å². The van der Waals surface area contributed by atoms with Crippen LogP contribution in [-0.2, 0) is 10.8 Å². The van der Waals surface area contributed by atoms with Gasteiger partial charge in [-0.25, -0.2) is 0 Å². The van der Waals surface area contributed by atoms with E-state index in [1.165, 1.54) is 6.07 Å². The molecule has 0 radical (unpaired) electrons. The summed E-state index contributed by atoms with van der Waals surface area (Å²) in [6.45, 7) is 3.09. The molecule has 0 aliphatic heterocycles. The van der Waals surface area contributed by atoms with Crippen LogP contribution < -0.4 is 5.32 Å². The van der Waals surface area contributed by atoms with Crippen molar-refractivity contribution in [1.82, 2.24) is 5.32 Å². The van der Waals surface area contributed by atoms with Crippen molar-refractivity contribution >= 4 is 16.5 Å². The van der Waals surface area contributed by atoms with Crippen molar-refractivity contribution in [3.63, 3.8) is 0 Å². The van der Waals surface area contributed by atoms with E-state index in [0.717, 1.165) is 38.6 Å². The number of nitro benzene ring substituents is 1. The largest absolute Gasteiger partial charge is 0.314 e. The number of nitrogens with zero attached hydrogens (tertiary/aromatic N) is 1. The summed E-state index contributed by atoms with van der Waals surface area (Å²) < 4.78 is 12.7. The van der Waals surface area contributed by atoms with Gasteiger partial charge in [0.15, 0.2) is 0 Å². The molecular weight excluding hydrogens is 288 g/mol. The van der Waals surface area contributed by atoms with Gasteiger partial charge in [-0.2, -0.15) is 0 Å². The molecule has 0 heterocycles. The first-order valence-electron chi connectivity index (χ1n) is 7.50. The minimum atomic E-state index is -1.31. The second-order valence-electron chi connectivity index (χ2n) is 5.46. The number of benzene rings is 1. The normalized spacial score (nSPS) is 23.7. The van der Waals surface area contributed by atoms with E-state index in [9.17, 15) is 14.3 Å². The predicted molar refractivity (Wildman–Crippen MR) is 83.8 cm³/mol. The van der Waals surface area contributed by atoms with Crippen LogP contribution in [0.15, 0.2) is 29.2 Å². The molecule has 1 aliphatic carbocycles. The van der Waals surface area contributed by atoms with E-state index < -0.39 is 15.7 Å². The van der Waals surface area contributed by atoms with Crippen LogP contribution in [0.3, 0.4) is 0 Å². The van der Waals surface area contributed by atoms with Crippen LogP contribution in [0.25, 0.3) is 0 Å². The van der Waals surface area contributed by atoms with Crippen LogP contribution in [0, 0.1) is 10.1 Å². The molecule has 3 unspecified atom stereocenters. The maximum Gasteiger partial charge on any atom is 0.285 e. The summed E-state index contributed by atoms with van der Waals surface area (Å²) in [7, 11) is -1.31. The van der Waals surface area contributed by atoms with E-state index >= 15 is 0 Å². The van der Waals surface area contributed by atoms with Gasteiger partial charge < -0.3 is 5.32 Å². The Bertz CT molecular complexity index is 521. The average Bonchev–Trinajstić information content (AvgIpc) is 2.52. The highest BCUT2D eigenvalue weighted by molar-refractivity contribution is 7.85. The molecule has 0 aromatic heterocycles. The Morgan fingerprint density at radius 3 is 2.86 bits per heavy atom. The van der Waals surface area contributed by atoms with Crippen molar-refractivity contribution in [1.29, 1.82) is 0 Å². The molecular formula is C15H22N2O3S. The van der Waals surface area contributed by atoms with Gasteiger partial charge in [0.2, 0.25) is 0 Å². The molecule has 1 aliphatic rings. The van der Waals surface area contributed by atoms with Crippen molar-refractivity contribution in [3.05, 3.63) is 34.4 Å². The highest BCUT2D eigenvalue weighted by atomic mass is 32.2. The van der Waals surface area contributed by atoms with E-state index in [-0.39, 0.29) is 10.9 Å². The number of hydrogen-bond acceptors (Lipinski definition) is 4. The van der Waals surface area contributed by atoms with Crippen molar-refractivity contribution in [2.45, 2.75) is 55.2 Å². The molecule has 1 N–H and O–H groups in total. The fourth-order valence-corrected chi connectivity index (χ4v) is 4.54. The summed E-state index contributed by atoms with van der Waals surface area (Å²) in [4.78, 5) is 11.0. The molecule has 1 saturated carbocycles. The minimum Gasteiger partial charge on any atom is -0.314 e. The lowest BCUT2D eigenvalue weighted by molar-refractivity contribution is -0.387. The van der Waals surface area contributed by atoms with Crippen LogP contribution in [0.5, 0.6) is 0 Å². The van der Waals surface area contributed by atoms with Crippen LogP contribution >= 0.6 is 0 Å². The van der Waals surface area contributed by atoms with Gasteiger partial charge in [-0.05, 0) is 38.3 Å². The lowest BCUT2D eigenvalue weighted by Crippen LogP contribution is -2.38. The second-order valence-corrected chi connectivity index (χ2v) is 7.16. The molecule has 0 saturated heterocycles. The molecule has 21 heavy (non-hydrogen) atoms. The lowest BCUT2D eigenvalue weighted by atomic mass is 9.95. The van der Waals surface area contributed by atoms with Crippen LogP contribution in [0.4, 0.5) is 5.69 Å². The zero-order valence-corrected chi connectivity index (χ0v) is 13.1. The third-order valence-corrected chi connectivity index (χ3v) is 5.70.